The average Bonchev–Trinajstić information content (AvgIpc) is 3.05. The number of para-hydroxylation sites is 1. The van der Waals surface area contributed by atoms with Crippen molar-refractivity contribution in [1.82, 2.24) is 4.98 Å². The van der Waals surface area contributed by atoms with Gasteiger partial charge in [0.15, 0.2) is 6.61 Å². The maximum absolute atomic E-state index is 11.9. The van der Waals surface area contributed by atoms with Crippen LogP contribution in [0.15, 0.2) is 42.5 Å². The van der Waals surface area contributed by atoms with Crippen molar-refractivity contribution in [3.8, 4) is 0 Å². The normalized spacial score (nSPS) is 10.7. The molecule has 140 valence electrons. The van der Waals surface area contributed by atoms with Crippen molar-refractivity contribution in [2.75, 3.05) is 18.5 Å². The third-order valence-electron chi connectivity index (χ3n) is 3.55. The Bertz CT molecular complexity index is 940. The molecule has 0 fully saturated rings. The van der Waals surface area contributed by atoms with Gasteiger partial charge in [-0.15, -0.1) is 11.3 Å². The zero-order chi connectivity index (χ0) is 19.2. The number of ether oxygens (including phenoxy) is 2. The van der Waals surface area contributed by atoms with Gasteiger partial charge in [-0.3, -0.25) is 4.79 Å². The Balaban J connectivity index is 1.39. The van der Waals surface area contributed by atoms with Gasteiger partial charge in [0.05, 0.1) is 27.5 Å². The fourth-order valence-electron chi connectivity index (χ4n) is 2.30. The quantitative estimate of drug-likeness (QED) is 0.603. The molecule has 0 unspecified atom stereocenters. The van der Waals surface area contributed by atoms with Crippen LogP contribution < -0.4 is 5.32 Å². The van der Waals surface area contributed by atoms with Crippen molar-refractivity contribution in [3.05, 3.63) is 58.1 Å². The standard InChI is InChI=1S/C19H17ClN2O4S/c1-12-6-7-14(13(20)8-12)21-17(23)9-26-19(24)11-25-10-18-22-15-4-2-3-5-16(15)27-18/h2-8H,9-11H2,1H3,(H,21,23). The van der Waals surface area contributed by atoms with Gasteiger partial charge in [-0.25, -0.2) is 9.78 Å². The molecule has 1 N–H and O–H groups in total. The first kappa shape index (κ1) is 19.3. The summed E-state index contributed by atoms with van der Waals surface area (Å²) in [5, 5.41) is 3.79. The number of benzene rings is 2. The van der Waals surface area contributed by atoms with Crippen LogP contribution >= 0.6 is 22.9 Å². The van der Waals surface area contributed by atoms with Crippen molar-refractivity contribution in [1.29, 1.82) is 0 Å². The van der Waals surface area contributed by atoms with E-state index in [4.69, 9.17) is 21.1 Å². The number of nitrogens with zero attached hydrogens (tertiary/aromatic N) is 1. The summed E-state index contributed by atoms with van der Waals surface area (Å²) in [7, 11) is 0. The topological polar surface area (TPSA) is 77.5 Å². The number of esters is 1. The fraction of sp³-hybridized carbons (Fsp3) is 0.211. The summed E-state index contributed by atoms with van der Waals surface area (Å²) in [5.41, 5.74) is 2.35. The minimum atomic E-state index is -0.624. The lowest BCUT2D eigenvalue weighted by molar-refractivity contribution is -0.152. The molecule has 1 amide bonds. The first-order chi connectivity index (χ1) is 13.0. The first-order valence-corrected chi connectivity index (χ1v) is 9.34. The van der Waals surface area contributed by atoms with E-state index in [1.54, 1.807) is 12.1 Å². The third kappa shape index (κ3) is 5.50. The van der Waals surface area contributed by atoms with Crippen molar-refractivity contribution >= 4 is 50.7 Å². The summed E-state index contributed by atoms with van der Waals surface area (Å²) < 4.78 is 11.3. The minimum Gasteiger partial charge on any atom is -0.454 e. The molecule has 0 atom stereocenters. The van der Waals surface area contributed by atoms with Gasteiger partial charge >= 0.3 is 5.97 Å². The molecule has 0 radical (unpaired) electrons. The number of amides is 1. The molecule has 0 aliphatic carbocycles. The third-order valence-corrected chi connectivity index (χ3v) is 4.87. The molecule has 2 aromatic carbocycles. The number of hydrogen-bond acceptors (Lipinski definition) is 6. The Hall–Kier alpha value is -2.48. The number of hydrogen-bond donors (Lipinski definition) is 1. The first-order valence-electron chi connectivity index (χ1n) is 8.15. The Labute approximate surface area is 165 Å². The Morgan fingerprint density at radius 1 is 1.19 bits per heavy atom. The predicted molar refractivity (Wildman–Crippen MR) is 105 cm³/mol. The summed E-state index contributed by atoms with van der Waals surface area (Å²) in [6, 6.07) is 13.0. The van der Waals surface area contributed by atoms with Crippen LogP contribution in [0.25, 0.3) is 10.2 Å². The fourth-order valence-corrected chi connectivity index (χ4v) is 3.49. The molecule has 0 saturated carbocycles. The summed E-state index contributed by atoms with van der Waals surface area (Å²) in [6.45, 7) is 1.44. The van der Waals surface area contributed by atoms with Crippen LogP contribution in [-0.4, -0.2) is 30.1 Å². The van der Waals surface area contributed by atoms with Crippen LogP contribution in [0.1, 0.15) is 10.6 Å². The van der Waals surface area contributed by atoms with Crippen molar-refractivity contribution < 1.29 is 19.1 Å². The highest BCUT2D eigenvalue weighted by Crippen LogP contribution is 2.23. The van der Waals surface area contributed by atoms with Crippen LogP contribution in [0.5, 0.6) is 0 Å². The molecule has 1 aromatic heterocycles. The number of aromatic nitrogens is 1. The minimum absolute atomic E-state index is 0.208. The lowest BCUT2D eigenvalue weighted by Gasteiger charge is -2.08. The maximum Gasteiger partial charge on any atom is 0.332 e. The van der Waals surface area contributed by atoms with Crippen LogP contribution in [0.3, 0.4) is 0 Å². The van der Waals surface area contributed by atoms with Crippen molar-refractivity contribution in [2.24, 2.45) is 0 Å². The number of carbonyl (C=O) groups is 2. The number of fused-ring (bicyclic) bond motifs is 1. The highest BCUT2D eigenvalue weighted by atomic mass is 35.5. The second-order valence-corrected chi connectivity index (χ2v) is 7.28. The molecule has 3 aromatic rings. The Morgan fingerprint density at radius 2 is 2.00 bits per heavy atom. The van der Waals surface area contributed by atoms with Crippen LogP contribution in [0.2, 0.25) is 5.02 Å². The maximum atomic E-state index is 11.9. The van der Waals surface area contributed by atoms with E-state index in [9.17, 15) is 9.59 Å². The summed E-state index contributed by atoms with van der Waals surface area (Å²) >= 11 is 7.55. The number of nitrogens with one attached hydrogen (secondary N) is 1. The molecule has 0 aliphatic heterocycles. The molecule has 27 heavy (non-hydrogen) atoms. The van der Waals surface area contributed by atoms with Gasteiger partial charge in [-0.1, -0.05) is 29.8 Å². The molecule has 0 aliphatic rings. The average molecular weight is 405 g/mol. The summed E-state index contributed by atoms with van der Waals surface area (Å²) in [5.74, 6) is -1.10. The molecule has 8 heteroatoms. The Kier molecular flexibility index (Phi) is 6.39. The molecule has 1 heterocycles. The van der Waals surface area contributed by atoms with Crippen LogP contribution in [-0.2, 0) is 25.7 Å². The molecule has 6 nitrogen and oxygen atoms in total. The van der Waals surface area contributed by atoms with E-state index in [1.165, 1.54) is 11.3 Å². The largest absolute Gasteiger partial charge is 0.454 e. The van der Waals surface area contributed by atoms with Crippen LogP contribution in [0.4, 0.5) is 5.69 Å². The number of aryl methyl sites for hydroxylation is 1. The van der Waals surface area contributed by atoms with E-state index in [2.05, 4.69) is 10.3 Å². The molecule has 0 spiro atoms. The summed E-state index contributed by atoms with van der Waals surface area (Å²) in [6.07, 6.45) is 0. The van der Waals surface area contributed by atoms with Gasteiger partial charge < -0.3 is 14.8 Å². The second kappa shape index (κ2) is 8.94. The molecular formula is C19H17ClN2O4S. The van der Waals surface area contributed by atoms with E-state index in [-0.39, 0.29) is 13.2 Å². The van der Waals surface area contributed by atoms with E-state index < -0.39 is 18.5 Å². The summed E-state index contributed by atoms with van der Waals surface area (Å²) in [4.78, 5) is 28.0. The number of thiazole rings is 1. The van der Waals surface area contributed by atoms with Crippen molar-refractivity contribution in [3.63, 3.8) is 0 Å². The Morgan fingerprint density at radius 3 is 2.78 bits per heavy atom. The van der Waals surface area contributed by atoms with Crippen LogP contribution in [0, 0.1) is 6.92 Å². The highest BCUT2D eigenvalue weighted by Gasteiger charge is 2.11. The number of carbonyl (C=O) groups excluding carboxylic acids is 2. The van der Waals surface area contributed by atoms with E-state index in [1.807, 2.05) is 37.3 Å². The zero-order valence-electron chi connectivity index (χ0n) is 14.5. The van der Waals surface area contributed by atoms with Gasteiger partial charge in [-0.05, 0) is 36.8 Å². The van der Waals surface area contributed by atoms with Gasteiger partial charge in [-0.2, -0.15) is 0 Å². The second-order valence-electron chi connectivity index (χ2n) is 5.76. The van der Waals surface area contributed by atoms with Gasteiger partial charge in [0, 0.05) is 0 Å². The van der Waals surface area contributed by atoms with Gasteiger partial charge in [0.25, 0.3) is 5.91 Å². The zero-order valence-corrected chi connectivity index (χ0v) is 16.1. The molecule has 0 bridgehead atoms. The smallest absolute Gasteiger partial charge is 0.332 e. The lowest BCUT2D eigenvalue weighted by Crippen LogP contribution is -2.23. The number of halogens is 1. The van der Waals surface area contributed by atoms with E-state index in [0.29, 0.717) is 10.7 Å². The predicted octanol–water partition coefficient (Wildman–Crippen LogP) is 3.96. The number of anilines is 1. The highest BCUT2D eigenvalue weighted by molar-refractivity contribution is 7.18. The van der Waals surface area contributed by atoms with Gasteiger partial charge in [0.2, 0.25) is 0 Å². The molecule has 0 saturated heterocycles. The molecule has 3 rings (SSSR count). The SMILES string of the molecule is Cc1ccc(NC(=O)COC(=O)COCc2nc3ccccc3s2)c(Cl)c1. The van der Waals surface area contributed by atoms with E-state index >= 15 is 0 Å². The monoisotopic (exact) mass is 404 g/mol. The number of rotatable bonds is 7. The lowest BCUT2D eigenvalue weighted by atomic mass is 10.2. The van der Waals surface area contributed by atoms with E-state index in [0.717, 1.165) is 20.8 Å². The van der Waals surface area contributed by atoms with Crippen molar-refractivity contribution in [2.45, 2.75) is 13.5 Å². The van der Waals surface area contributed by atoms with Gasteiger partial charge in [0.1, 0.15) is 11.6 Å². The molecular weight excluding hydrogens is 388 g/mol.